The summed E-state index contributed by atoms with van der Waals surface area (Å²) in [6.07, 6.45) is 0. The molecule has 0 saturated heterocycles. The highest BCUT2D eigenvalue weighted by molar-refractivity contribution is 7.16. The quantitative estimate of drug-likeness (QED) is 0.754. The lowest BCUT2D eigenvalue weighted by Crippen LogP contribution is -2.25. The maximum atomic E-state index is 13.3. The van der Waals surface area contributed by atoms with Crippen molar-refractivity contribution in [2.45, 2.75) is 6.54 Å². The topological polar surface area (TPSA) is 29.5 Å². The second-order valence-corrected chi connectivity index (χ2v) is 6.45. The van der Waals surface area contributed by atoms with Crippen molar-refractivity contribution in [2.24, 2.45) is 0 Å². The molecule has 112 valence electrons. The zero-order valence-corrected chi connectivity index (χ0v) is 13.3. The number of carbonyl (C=O) groups is 1. The molecule has 1 heterocycles. The molecule has 0 atom stereocenters. The molecule has 0 unspecified atom stereocenters. The molecule has 6 heteroatoms. The van der Waals surface area contributed by atoms with Gasteiger partial charge in [0.05, 0.1) is 23.6 Å². The Morgan fingerprint density at radius 3 is 2.76 bits per heavy atom. The van der Waals surface area contributed by atoms with Gasteiger partial charge in [0.1, 0.15) is 11.6 Å². The van der Waals surface area contributed by atoms with Gasteiger partial charge in [0, 0.05) is 11.4 Å². The highest BCUT2D eigenvalue weighted by atomic mass is 35.5. The van der Waals surface area contributed by atoms with Crippen LogP contribution in [0.3, 0.4) is 0 Å². The first-order valence-corrected chi connectivity index (χ1v) is 7.48. The number of ketones is 1. The van der Waals surface area contributed by atoms with Gasteiger partial charge >= 0.3 is 0 Å². The summed E-state index contributed by atoms with van der Waals surface area (Å²) >= 11 is 7.35. The number of benzene rings is 1. The fourth-order valence-corrected chi connectivity index (χ4v) is 3.15. The summed E-state index contributed by atoms with van der Waals surface area (Å²) in [5.74, 6) is -0.252. The van der Waals surface area contributed by atoms with E-state index in [4.69, 9.17) is 16.3 Å². The summed E-state index contributed by atoms with van der Waals surface area (Å²) in [4.78, 5) is 15.2. The Labute approximate surface area is 131 Å². The molecule has 0 fully saturated rings. The number of hydrogen-bond donors (Lipinski definition) is 0. The number of hydrogen-bond acceptors (Lipinski definition) is 4. The molecule has 0 aliphatic rings. The summed E-state index contributed by atoms with van der Waals surface area (Å²) in [5, 5.41) is 0. The number of halogens is 2. The lowest BCUT2D eigenvalue weighted by molar-refractivity contribution is 0.0940. The molecule has 2 rings (SSSR count). The molecular weight excluding hydrogens is 313 g/mol. The van der Waals surface area contributed by atoms with Crippen LogP contribution in [0.5, 0.6) is 5.75 Å². The largest absolute Gasteiger partial charge is 0.496 e. The molecule has 0 spiro atoms. The van der Waals surface area contributed by atoms with Crippen LogP contribution in [-0.2, 0) is 6.54 Å². The Morgan fingerprint density at radius 1 is 1.38 bits per heavy atom. The highest BCUT2D eigenvalue weighted by Crippen LogP contribution is 2.23. The Morgan fingerprint density at radius 2 is 2.14 bits per heavy atom. The molecule has 0 amide bonds. The van der Waals surface area contributed by atoms with E-state index in [2.05, 4.69) is 0 Å². The van der Waals surface area contributed by atoms with Crippen LogP contribution in [0.25, 0.3) is 0 Å². The molecule has 1 aromatic carbocycles. The lowest BCUT2D eigenvalue weighted by atomic mass is 10.1. The third-order valence-electron chi connectivity index (χ3n) is 2.93. The number of ether oxygens (including phenoxy) is 1. The van der Waals surface area contributed by atoms with Gasteiger partial charge in [-0.05, 0) is 37.4 Å². The molecule has 21 heavy (non-hydrogen) atoms. The minimum absolute atomic E-state index is 0.176. The van der Waals surface area contributed by atoms with Crippen molar-refractivity contribution in [3.63, 3.8) is 0 Å². The minimum Gasteiger partial charge on any atom is -0.496 e. The van der Waals surface area contributed by atoms with E-state index in [-0.39, 0.29) is 17.9 Å². The molecule has 0 N–H and O–H groups in total. The lowest BCUT2D eigenvalue weighted by Gasteiger charge is -2.15. The van der Waals surface area contributed by atoms with Crippen LogP contribution < -0.4 is 4.74 Å². The van der Waals surface area contributed by atoms with E-state index in [1.807, 2.05) is 24.1 Å². The van der Waals surface area contributed by atoms with Gasteiger partial charge in [-0.2, -0.15) is 0 Å². The molecule has 0 saturated carbocycles. The van der Waals surface area contributed by atoms with Crippen molar-refractivity contribution in [1.82, 2.24) is 4.90 Å². The summed E-state index contributed by atoms with van der Waals surface area (Å²) in [5.41, 5.74) is 0.258. The number of likely N-dealkylation sites (N-methyl/N-ethyl adjacent to an activating group) is 1. The van der Waals surface area contributed by atoms with Gasteiger partial charge in [0.2, 0.25) is 0 Å². The van der Waals surface area contributed by atoms with Crippen LogP contribution in [-0.4, -0.2) is 31.4 Å². The van der Waals surface area contributed by atoms with E-state index < -0.39 is 5.82 Å². The first-order valence-electron chi connectivity index (χ1n) is 6.29. The summed E-state index contributed by atoms with van der Waals surface area (Å²) in [6, 6.07) is 7.69. The number of nitrogens with zero attached hydrogens (tertiary/aromatic N) is 1. The Bertz CT molecular complexity index is 644. The zero-order chi connectivity index (χ0) is 15.4. The summed E-state index contributed by atoms with van der Waals surface area (Å²) in [6.45, 7) is 0.788. The second kappa shape index (κ2) is 7.02. The van der Waals surface area contributed by atoms with Crippen LogP contribution in [0.15, 0.2) is 30.3 Å². The molecule has 1 aromatic heterocycles. The summed E-state index contributed by atoms with van der Waals surface area (Å²) < 4.78 is 19.1. The van der Waals surface area contributed by atoms with E-state index in [9.17, 15) is 9.18 Å². The number of Topliss-reactive ketones (excluding diaryl/α,β-unsaturated/α-hetero) is 1. The van der Waals surface area contributed by atoms with Crippen LogP contribution in [0.1, 0.15) is 15.2 Å². The maximum Gasteiger partial charge on any atom is 0.180 e. The SMILES string of the molecule is COc1ccc(F)cc1C(=O)CN(C)Cc1ccc(Cl)s1. The molecule has 2 aromatic rings. The predicted molar refractivity (Wildman–Crippen MR) is 82.9 cm³/mol. The second-order valence-electron chi connectivity index (χ2n) is 4.65. The van der Waals surface area contributed by atoms with Crippen LogP contribution >= 0.6 is 22.9 Å². The standard InChI is InChI=1S/C15H15ClFNO2S/c1-18(8-11-4-6-15(16)21-11)9-13(19)12-7-10(17)3-5-14(12)20-2/h3-7H,8-9H2,1-2H3. The Balaban J connectivity index is 2.05. The van der Waals surface area contributed by atoms with E-state index in [0.717, 1.165) is 9.21 Å². The number of carbonyl (C=O) groups excluding carboxylic acids is 1. The molecular formula is C15H15ClFNO2S. The average Bonchev–Trinajstić information content (AvgIpc) is 2.83. The fraction of sp³-hybridized carbons (Fsp3) is 0.267. The van der Waals surface area contributed by atoms with Gasteiger partial charge in [0.15, 0.2) is 5.78 Å². The van der Waals surface area contributed by atoms with Crippen LogP contribution in [0.2, 0.25) is 4.34 Å². The monoisotopic (exact) mass is 327 g/mol. The highest BCUT2D eigenvalue weighted by Gasteiger charge is 2.16. The maximum absolute atomic E-state index is 13.3. The van der Waals surface area contributed by atoms with Crippen LogP contribution in [0, 0.1) is 5.82 Å². The number of rotatable bonds is 6. The Kier molecular flexibility index (Phi) is 5.33. The van der Waals surface area contributed by atoms with Crippen LogP contribution in [0.4, 0.5) is 4.39 Å². The zero-order valence-electron chi connectivity index (χ0n) is 11.7. The summed E-state index contributed by atoms with van der Waals surface area (Å²) in [7, 11) is 3.29. The van der Waals surface area contributed by atoms with E-state index in [0.29, 0.717) is 12.3 Å². The van der Waals surface area contributed by atoms with Gasteiger partial charge in [-0.15, -0.1) is 11.3 Å². The third kappa shape index (κ3) is 4.27. The van der Waals surface area contributed by atoms with Crippen molar-refractivity contribution >= 4 is 28.7 Å². The van der Waals surface area contributed by atoms with E-state index in [1.165, 1.54) is 36.6 Å². The van der Waals surface area contributed by atoms with Gasteiger partial charge in [-0.1, -0.05) is 11.6 Å². The van der Waals surface area contributed by atoms with Crippen molar-refractivity contribution in [1.29, 1.82) is 0 Å². The smallest absolute Gasteiger partial charge is 0.180 e. The first kappa shape index (κ1) is 15.9. The van der Waals surface area contributed by atoms with Crippen molar-refractivity contribution in [3.05, 3.63) is 50.9 Å². The number of methoxy groups -OCH3 is 1. The first-order chi connectivity index (χ1) is 9.99. The molecule has 0 radical (unpaired) electrons. The Hall–Kier alpha value is -1.43. The third-order valence-corrected chi connectivity index (χ3v) is 4.15. The average molecular weight is 328 g/mol. The van der Waals surface area contributed by atoms with Crippen molar-refractivity contribution in [3.8, 4) is 5.75 Å². The van der Waals surface area contributed by atoms with Gasteiger partial charge < -0.3 is 4.74 Å². The molecule has 0 aliphatic heterocycles. The van der Waals surface area contributed by atoms with Gasteiger partial charge in [0.25, 0.3) is 0 Å². The molecule has 0 bridgehead atoms. The number of thiophene rings is 1. The minimum atomic E-state index is -0.452. The van der Waals surface area contributed by atoms with Crippen molar-refractivity contribution < 1.29 is 13.9 Å². The normalized spacial score (nSPS) is 10.9. The van der Waals surface area contributed by atoms with E-state index in [1.54, 1.807) is 0 Å². The molecule has 3 nitrogen and oxygen atoms in total. The predicted octanol–water partition coefficient (Wildman–Crippen LogP) is 3.86. The van der Waals surface area contributed by atoms with Crippen molar-refractivity contribution in [2.75, 3.05) is 20.7 Å². The van der Waals surface area contributed by atoms with E-state index >= 15 is 0 Å². The molecule has 0 aliphatic carbocycles. The van der Waals surface area contributed by atoms with Gasteiger partial charge in [-0.25, -0.2) is 4.39 Å². The van der Waals surface area contributed by atoms with Gasteiger partial charge in [-0.3, -0.25) is 9.69 Å². The fourth-order valence-electron chi connectivity index (χ4n) is 1.99.